The number of nitrogens with one attached hydrogen (secondary N) is 1. The number of carbonyl (C=O) groups is 2. The molecular formula is C11H16N2O5S. The van der Waals surface area contributed by atoms with Crippen molar-refractivity contribution in [2.45, 2.75) is 32.4 Å². The molecule has 1 aromatic heterocycles. The Balaban J connectivity index is 2.28. The van der Waals surface area contributed by atoms with E-state index < -0.39 is 12.1 Å². The molecule has 0 aliphatic heterocycles. The van der Waals surface area contributed by atoms with Gasteiger partial charge in [-0.1, -0.05) is 11.3 Å². The fourth-order valence-corrected chi connectivity index (χ4v) is 2.22. The summed E-state index contributed by atoms with van der Waals surface area (Å²) in [4.78, 5) is 33.0. The number of carboxylic acids is 1. The maximum absolute atomic E-state index is 11.4. The van der Waals surface area contributed by atoms with Crippen LogP contribution in [-0.2, 0) is 16.1 Å². The van der Waals surface area contributed by atoms with Crippen molar-refractivity contribution < 1.29 is 19.8 Å². The van der Waals surface area contributed by atoms with Gasteiger partial charge in [-0.25, -0.2) is 4.79 Å². The number of aromatic nitrogens is 1. The third-order valence-electron chi connectivity index (χ3n) is 2.54. The van der Waals surface area contributed by atoms with Crippen LogP contribution >= 0.6 is 11.3 Å². The minimum atomic E-state index is -1.59. The van der Waals surface area contributed by atoms with Crippen LogP contribution in [0.5, 0.6) is 0 Å². The third-order valence-corrected chi connectivity index (χ3v) is 3.42. The number of carbonyl (C=O) groups excluding carboxylic acids is 1. The maximum atomic E-state index is 11.4. The van der Waals surface area contributed by atoms with Crippen molar-refractivity contribution in [2.24, 2.45) is 0 Å². The fraction of sp³-hybridized carbons (Fsp3) is 0.545. The van der Waals surface area contributed by atoms with Gasteiger partial charge in [-0.2, -0.15) is 0 Å². The SMILES string of the molecule is Cc1csc(=O)n1CCCC(=O)NC[C@H](O)C(=O)O. The number of aliphatic carboxylic acids is 1. The van der Waals surface area contributed by atoms with Gasteiger partial charge in [-0.05, 0) is 13.3 Å². The Hall–Kier alpha value is -1.67. The van der Waals surface area contributed by atoms with Gasteiger partial charge in [0.25, 0.3) is 0 Å². The third kappa shape index (κ3) is 4.84. The van der Waals surface area contributed by atoms with Crippen molar-refractivity contribution in [2.75, 3.05) is 6.54 Å². The van der Waals surface area contributed by atoms with Gasteiger partial charge in [0.1, 0.15) is 0 Å². The van der Waals surface area contributed by atoms with Crippen molar-refractivity contribution in [3.63, 3.8) is 0 Å². The van der Waals surface area contributed by atoms with Crippen LogP contribution in [0, 0.1) is 6.92 Å². The van der Waals surface area contributed by atoms with Crippen LogP contribution in [0.1, 0.15) is 18.5 Å². The molecule has 3 N–H and O–H groups in total. The largest absolute Gasteiger partial charge is 0.479 e. The molecule has 0 radical (unpaired) electrons. The number of hydrogen-bond donors (Lipinski definition) is 3. The van der Waals surface area contributed by atoms with E-state index in [4.69, 9.17) is 10.2 Å². The Labute approximate surface area is 113 Å². The highest BCUT2D eigenvalue weighted by molar-refractivity contribution is 7.07. The van der Waals surface area contributed by atoms with E-state index in [-0.39, 0.29) is 23.7 Å². The molecule has 0 aliphatic carbocycles. The summed E-state index contributed by atoms with van der Waals surface area (Å²) in [5.74, 6) is -1.72. The minimum Gasteiger partial charge on any atom is -0.479 e. The lowest BCUT2D eigenvalue weighted by atomic mass is 10.2. The van der Waals surface area contributed by atoms with Gasteiger partial charge in [-0.3, -0.25) is 9.59 Å². The number of hydrogen-bond acceptors (Lipinski definition) is 5. The van der Waals surface area contributed by atoms with Gasteiger partial charge >= 0.3 is 10.8 Å². The second-order valence-corrected chi connectivity index (χ2v) is 4.88. The van der Waals surface area contributed by atoms with E-state index in [1.165, 1.54) is 0 Å². The highest BCUT2D eigenvalue weighted by Crippen LogP contribution is 2.02. The molecular weight excluding hydrogens is 272 g/mol. The van der Waals surface area contributed by atoms with Crippen molar-refractivity contribution >= 4 is 23.2 Å². The second-order valence-electron chi connectivity index (χ2n) is 4.06. The average molecular weight is 288 g/mol. The molecule has 1 atom stereocenters. The monoisotopic (exact) mass is 288 g/mol. The molecule has 0 spiro atoms. The van der Waals surface area contributed by atoms with Crippen molar-refractivity contribution in [3.05, 3.63) is 20.7 Å². The minimum absolute atomic E-state index is 0.0563. The van der Waals surface area contributed by atoms with Crippen molar-refractivity contribution in [1.29, 1.82) is 0 Å². The fourth-order valence-electron chi connectivity index (χ4n) is 1.46. The number of thiazole rings is 1. The first-order valence-corrected chi connectivity index (χ1v) is 6.62. The molecule has 106 valence electrons. The molecule has 0 aromatic carbocycles. The Kier molecular flexibility index (Phi) is 5.71. The Morgan fingerprint density at radius 1 is 1.53 bits per heavy atom. The molecule has 1 heterocycles. The van der Waals surface area contributed by atoms with E-state index in [9.17, 15) is 14.4 Å². The molecule has 19 heavy (non-hydrogen) atoms. The summed E-state index contributed by atoms with van der Waals surface area (Å²) in [5, 5.41) is 21.5. The summed E-state index contributed by atoms with van der Waals surface area (Å²) in [6, 6.07) is 0. The quantitative estimate of drug-likeness (QED) is 0.630. The van der Waals surface area contributed by atoms with E-state index >= 15 is 0 Å². The standard InChI is InChI=1S/C11H16N2O5S/c1-7-6-19-11(18)13(7)4-2-3-9(15)12-5-8(14)10(16)17/h6,8,14H,2-5H2,1H3,(H,12,15)(H,16,17)/t8-/m0/s1. The molecule has 1 aromatic rings. The molecule has 0 saturated carbocycles. The van der Waals surface area contributed by atoms with Crippen LogP contribution in [0.3, 0.4) is 0 Å². The number of nitrogens with zero attached hydrogens (tertiary/aromatic N) is 1. The van der Waals surface area contributed by atoms with Crippen LogP contribution in [0.25, 0.3) is 0 Å². The summed E-state index contributed by atoms with van der Waals surface area (Å²) in [5.41, 5.74) is 0.858. The predicted octanol–water partition coefficient (Wildman–Crippen LogP) is -0.440. The predicted molar refractivity (Wildman–Crippen MR) is 69.2 cm³/mol. The molecule has 8 heteroatoms. The van der Waals surface area contributed by atoms with E-state index in [1.54, 1.807) is 9.95 Å². The van der Waals surface area contributed by atoms with E-state index in [1.807, 2.05) is 6.92 Å². The first-order chi connectivity index (χ1) is 8.91. The van der Waals surface area contributed by atoms with Gasteiger partial charge in [0.05, 0.1) is 6.54 Å². The number of aryl methyl sites for hydroxylation is 1. The number of amides is 1. The van der Waals surface area contributed by atoms with Crippen LogP contribution in [0.4, 0.5) is 0 Å². The first-order valence-electron chi connectivity index (χ1n) is 5.74. The number of rotatable bonds is 7. The zero-order chi connectivity index (χ0) is 14.4. The normalized spacial score (nSPS) is 12.1. The molecule has 1 amide bonds. The zero-order valence-corrected chi connectivity index (χ0v) is 11.3. The highest BCUT2D eigenvalue weighted by atomic mass is 32.1. The molecule has 0 fully saturated rings. The topological polar surface area (TPSA) is 109 Å². The Bertz CT molecular complexity index is 507. The summed E-state index contributed by atoms with van der Waals surface area (Å²) in [6.45, 7) is 1.95. The van der Waals surface area contributed by atoms with Gasteiger partial charge < -0.3 is 20.1 Å². The molecule has 1 rings (SSSR count). The lowest BCUT2D eigenvalue weighted by molar-refractivity contribution is -0.146. The van der Waals surface area contributed by atoms with Gasteiger partial charge in [0, 0.05) is 24.0 Å². The van der Waals surface area contributed by atoms with E-state index in [0.29, 0.717) is 13.0 Å². The van der Waals surface area contributed by atoms with Crippen LogP contribution in [-0.4, -0.2) is 39.3 Å². The van der Waals surface area contributed by atoms with Crippen molar-refractivity contribution in [3.8, 4) is 0 Å². The molecule has 0 aliphatic rings. The summed E-state index contributed by atoms with van der Waals surface area (Å²) < 4.78 is 1.59. The van der Waals surface area contributed by atoms with E-state index in [0.717, 1.165) is 17.0 Å². The van der Waals surface area contributed by atoms with Crippen molar-refractivity contribution in [1.82, 2.24) is 9.88 Å². The summed E-state index contributed by atoms with van der Waals surface area (Å²) in [7, 11) is 0. The van der Waals surface area contributed by atoms with Crippen LogP contribution in [0.2, 0.25) is 0 Å². The highest BCUT2D eigenvalue weighted by Gasteiger charge is 2.13. The van der Waals surface area contributed by atoms with Gasteiger partial charge in [0.15, 0.2) is 6.10 Å². The molecule has 0 unspecified atom stereocenters. The lowest BCUT2D eigenvalue weighted by Gasteiger charge is -2.08. The first kappa shape index (κ1) is 15.4. The van der Waals surface area contributed by atoms with Crippen LogP contribution in [0.15, 0.2) is 10.2 Å². The van der Waals surface area contributed by atoms with Crippen LogP contribution < -0.4 is 10.2 Å². The Morgan fingerprint density at radius 2 is 2.21 bits per heavy atom. The number of aliphatic hydroxyl groups excluding tert-OH is 1. The smallest absolute Gasteiger partial charge is 0.334 e. The average Bonchev–Trinajstić information content (AvgIpc) is 2.67. The molecule has 0 saturated heterocycles. The van der Waals surface area contributed by atoms with Gasteiger partial charge in [0.2, 0.25) is 5.91 Å². The summed E-state index contributed by atoms with van der Waals surface area (Å²) in [6.07, 6.45) is -0.939. The second kappa shape index (κ2) is 7.05. The number of carboxylic acid groups (broad SMARTS) is 1. The Morgan fingerprint density at radius 3 is 2.74 bits per heavy atom. The zero-order valence-electron chi connectivity index (χ0n) is 10.5. The molecule has 7 nitrogen and oxygen atoms in total. The molecule has 0 bridgehead atoms. The number of aliphatic hydroxyl groups is 1. The van der Waals surface area contributed by atoms with Gasteiger partial charge in [-0.15, -0.1) is 0 Å². The summed E-state index contributed by atoms with van der Waals surface area (Å²) >= 11 is 1.12. The van der Waals surface area contributed by atoms with E-state index in [2.05, 4.69) is 5.32 Å². The maximum Gasteiger partial charge on any atom is 0.334 e. The lowest BCUT2D eigenvalue weighted by Crippen LogP contribution is -2.36.